The van der Waals surface area contributed by atoms with Crippen molar-refractivity contribution in [3.63, 3.8) is 0 Å². The number of aryl methyl sites for hydroxylation is 1. The fourth-order valence-corrected chi connectivity index (χ4v) is 3.34. The van der Waals surface area contributed by atoms with E-state index < -0.39 is 0 Å². The fourth-order valence-electron chi connectivity index (χ4n) is 3.03. The molecule has 0 aliphatic heterocycles. The Morgan fingerprint density at radius 2 is 2.10 bits per heavy atom. The normalized spacial score (nSPS) is 10.8. The number of aromatic nitrogens is 2. The van der Waals surface area contributed by atoms with Gasteiger partial charge in [0.15, 0.2) is 0 Å². The Hall–Kier alpha value is -3.17. The Bertz CT molecular complexity index is 1100. The van der Waals surface area contributed by atoms with Crippen LogP contribution in [0.1, 0.15) is 44.7 Å². The van der Waals surface area contributed by atoms with Gasteiger partial charge in [-0.05, 0) is 63.4 Å². The number of benzene rings is 2. The van der Waals surface area contributed by atoms with Crippen molar-refractivity contribution in [1.29, 1.82) is 5.26 Å². The summed E-state index contributed by atoms with van der Waals surface area (Å²) in [5.74, 6) is 1.32. The quantitative estimate of drug-likeness (QED) is 0.466. The molecule has 30 heavy (non-hydrogen) atoms. The summed E-state index contributed by atoms with van der Waals surface area (Å²) in [7, 11) is 0. The van der Waals surface area contributed by atoms with Gasteiger partial charge in [-0.2, -0.15) is 10.2 Å². The smallest absolute Gasteiger partial charge is 0.258 e. The molecule has 0 unspecified atom stereocenters. The van der Waals surface area contributed by atoms with Gasteiger partial charge >= 0.3 is 0 Å². The minimum absolute atomic E-state index is 0.0391. The summed E-state index contributed by atoms with van der Waals surface area (Å²) >= 11 is 6.56. The summed E-state index contributed by atoms with van der Waals surface area (Å²) in [6.07, 6.45) is 1.91. The van der Waals surface area contributed by atoms with Gasteiger partial charge in [0.05, 0.1) is 16.7 Å². The van der Waals surface area contributed by atoms with E-state index in [0.29, 0.717) is 46.1 Å². The Labute approximate surface area is 180 Å². The predicted molar refractivity (Wildman–Crippen MR) is 114 cm³/mol. The summed E-state index contributed by atoms with van der Waals surface area (Å²) in [6, 6.07) is 12.9. The van der Waals surface area contributed by atoms with Gasteiger partial charge in [-0.15, -0.1) is 0 Å². The van der Waals surface area contributed by atoms with Gasteiger partial charge in [-0.1, -0.05) is 28.9 Å². The molecule has 1 heterocycles. The third kappa shape index (κ3) is 5.05. The molecule has 0 N–H and O–H groups in total. The van der Waals surface area contributed by atoms with Gasteiger partial charge in [-0.25, -0.2) is 0 Å². The summed E-state index contributed by atoms with van der Waals surface area (Å²) in [4.78, 5) is 15.6. The number of ether oxygens (including phenoxy) is 1. The standard InChI is InChI=1S/C23H22ClN3O3/c1-14(2)29-20-11-10-17(12-18(20)13-25)23-26-22(27-30-23)19-9-5-8-16(21(19)24)7-4-6-15(3)28/h5,8-12,14H,4,6-7H2,1-3H3. The summed E-state index contributed by atoms with van der Waals surface area (Å²) in [6.45, 7) is 5.38. The van der Waals surface area contributed by atoms with Gasteiger partial charge in [-0.3, -0.25) is 0 Å². The molecule has 0 atom stereocenters. The van der Waals surface area contributed by atoms with Crippen LogP contribution in [0.2, 0.25) is 5.02 Å². The van der Waals surface area contributed by atoms with Crippen molar-refractivity contribution in [2.24, 2.45) is 0 Å². The van der Waals surface area contributed by atoms with Crippen molar-refractivity contribution in [3.8, 4) is 34.7 Å². The first-order chi connectivity index (χ1) is 14.4. The zero-order valence-electron chi connectivity index (χ0n) is 17.1. The molecular formula is C23H22ClN3O3. The Morgan fingerprint density at radius 1 is 1.30 bits per heavy atom. The predicted octanol–water partition coefficient (Wildman–Crippen LogP) is 5.63. The van der Waals surface area contributed by atoms with Gasteiger partial charge in [0.25, 0.3) is 5.89 Å². The van der Waals surface area contributed by atoms with Gasteiger partial charge in [0.2, 0.25) is 5.82 Å². The molecule has 1 aromatic heterocycles. The third-order valence-corrected chi connectivity index (χ3v) is 4.88. The molecule has 0 bridgehead atoms. The average Bonchev–Trinajstić information content (AvgIpc) is 3.19. The number of ketones is 1. The molecule has 2 aromatic carbocycles. The molecular weight excluding hydrogens is 402 g/mol. The second-order valence-electron chi connectivity index (χ2n) is 7.25. The van der Waals surface area contributed by atoms with E-state index in [9.17, 15) is 10.1 Å². The van der Waals surface area contributed by atoms with Crippen LogP contribution in [-0.4, -0.2) is 22.0 Å². The number of rotatable bonds is 8. The molecule has 0 aliphatic carbocycles. The van der Waals surface area contributed by atoms with Crippen LogP contribution >= 0.6 is 11.6 Å². The van der Waals surface area contributed by atoms with E-state index in [1.807, 2.05) is 32.0 Å². The van der Waals surface area contributed by atoms with Crippen LogP contribution in [0.3, 0.4) is 0 Å². The SMILES string of the molecule is CC(=O)CCCc1cccc(-c2noc(-c3ccc(OC(C)C)c(C#N)c3)n2)c1Cl. The molecule has 3 rings (SSSR count). The number of Topliss-reactive ketones (excluding diaryl/α,β-unsaturated/α-hetero) is 1. The lowest BCUT2D eigenvalue weighted by Crippen LogP contribution is -2.06. The van der Waals surface area contributed by atoms with E-state index in [4.69, 9.17) is 20.9 Å². The lowest BCUT2D eigenvalue weighted by Gasteiger charge is -2.11. The van der Waals surface area contributed by atoms with Crippen molar-refractivity contribution in [3.05, 3.63) is 52.5 Å². The van der Waals surface area contributed by atoms with Gasteiger partial charge in [0, 0.05) is 17.5 Å². The Balaban J connectivity index is 1.87. The molecule has 0 radical (unpaired) electrons. The molecule has 0 amide bonds. The number of nitriles is 1. The van der Waals surface area contributed by atoms with Crippen LogP contribution in [0.25, 0.3) is 22.8 Å². The van der Waals surface area contributed by atoms with E-state index in [1.54, 1.807) is 25.1 Å². The highest BCUT2D eigenvalue weighted by atomic mass is 35.5. The van der Waals surface area contributed by atoms with E-state index in [1.165, 1.54) is 0 Å². The fraction of sp³-hybridized carbons (Fsp3) is 0.304. The molecule has 0 saturated heterocycles. The molecule has 0 spiro atoms. The first-order valence-corrected chi connectivity index (χ1v) is 10.1. The highest BCUT2D eigenvalue weighted by Gasteiger charge is 2.17. The van der Waals surface area contributed by atoms with Gasteiger partial charge < -0.3 is 14.1 Å². The molecule has 7 heteroatoms. The second-order valence-corrected chi connectivity index (χ2v) is 7.62. The van der Waals surface area contributed by atoms with E-state index in [2.05, 4.69) is 16.2 Å². The van der Waals surface area contributed by atoms with Crippen molar-refractivity contribution in [2.75, 3.05) is 0 Å². The van der Waals surface area contributed by atoms with Crippen molar-refractivity contribution < 1.29 is 14.1 Å². The minimum atomic E-state index is -0.0391. The third-order valence-electron chi connectivity index (χ3n) is 4.43. The van der Waals surface area contributed by atoms with Crippen molar-refractivity contribution >= 4 is 17.4 Å². The number of hydrogen-bond acceptors (Lipinski definition) is 6. The maximum absolute atomic E-state index is 11.2. The zero-order valence-corrected chi connectivity index (χ0v) is 17.9. The molecule has 154 valence electrons. The Kier molecular flexibility index (Phi) is 6.86. The highest BCUT2D eigenvalue weighted by Crippen LogP contribution is 2.32. The largest absolute Gasteiger partial charge is 0.490 e. The second kappa shape index (κ2) is 9.55. The van der Waals surface area contributed by atoms with Crippen LogP contribution in [0.15, 0.2) is 40.9 Å². The lowest BCUT2D eigenvalue weighted by atomic mass is 10.0. The van der Waals surface area contributed by atoms with E-state index >= 15 is 0 Å². The zero-order chi connectivity index (χ0) is 21.7. The van der Waals surface area contributed by atoms with Crippen LogP contribution in [0.5, 0.6) is 5.75 Å². The van der Waals surface area contributed by atoms with Crippen LogP contribution in [0.4, 0.5) is 0 Å². The van der Waals surface area contributed by atoms with Crippen molar-refractivity contribution in [2.45, 2.75) is 46.1 Å². The molecule has 6 nitrogen and oxygen atoms in total. The average molecular weight is 424 g/mol. The first kappa shape index (κ1) is 21.5. The van der Waals surface area contributed by atoms with E-state index in [-0.39, 0.29) is 17.8 Å². The molecule has 0 fully saturated rings. The summed E-state index contributed by atoms with van der Waals surface area (Å²) in [5.41, 5.74) is 2.61. The highest BCUT2D eigenvalue weighted by molar-refractivity contribution is 6.34. The maximum atomic E-state index is 11.2. The summed E-state index contributed by atoms with van der Waals surface area (Å²) < 4.78 is 11.1. The topological polar surface area (TPSA) is 89.0 Å². The lowest BCUT2D eigenvalue weighted by molar-refractivity contribution is -0.117. The summed E-state index contributed by atoms with van der Waals surface area (Å²) in [5, 5.41) is 14.0. The number of carbonyl (C=O) groups excluding carboxylic acids is 1. The number of carbonyl (C=O) groups is 1. The van der Waals surface area contributed by atoms with Crippen LogP contribution in [0, 0.1) is 11.3 Å². The van der Waals surface area contributed by atoms with Crippen LogP contribution < -0.4 is 4.74 Å². The number of hydrogen-bond donors (Lipinski definition) is 0. The van der Waals surface area contributed by atoms with Crippen molar-refractivity contribution in [1.82, 2.24) is 10.1 Å². The number of halogens is 1. The molecule has 3 aromatic rings. The Morgan fingerprint density at radius 3 is 2.80 bits per heavy atom. The maximum Gasteiger partial charge on any atom is 0.258 e. The number of nitrogens with zero attached hydrogens (tertiary/aromatic N) is 3. The monoisotopic (exact) mass is 423 g/mol. The molecule has 0 aliphatic rings. The van der Waals surface area contributed by atoms with E-state index in [0.717, 1.165) is 12.0 Å². The van der Waals surface area contributed by atoms with Gasteiger partial charge in [0.1, 0.15) is 17.6 Å². The van der Waals surface area contributed by atoms with Crippen LogP contribution in [-0.2, 0) is 11.2 Å². The molecule has 0 saturated carbocycles. The minimum Gasteiger partial charge on any atom is -0.490 e. The first-order valence-electron chi connectivity index (χ1n) is 9.71.